The number of carbonyl (C=O) groups excluding carboxylic acids is 1. The van der Waals surface area contributed by atoms with Crippen molar-refractivity contribution in [2.24, 2.45) is 0 Å². The second-order valence-corrected chi connectivity index (χ2v) is 5.61. The van der Waals surface area contributed by atoms with E-state index in [1.54, 1.807) is 37.4 Å². The molecular weight excluding hydrogens is 314 g/mol. The van der Waals surface area contributed by atoms with Gasteiger partial charge in [-0.1, -0.05) is 36.4 Å². The minimum absolute atomic E-state index is 0.0234. The SMILES string of the molecule is CC1=C(C#N)C(=O)N(c2ccccc2)C(O)C1=CNc1ccccc1. The van der Waals surface area contributed by atoms with Crippen molar-refractivity contribution in [1.82, 2.24) is 0 Å². The molecule has 5 nitrogen and oxygen atoms in total. The first-order chi connectivity index (χ1) is 12.1. The van der Waals surface area contributed by atoms with Crippen molar-refractivity contribution >= 4 is 17.3 Å². The normalized spacial score (nSPS) is 19.1. The molecule has 25 heavy (non-hydrogen) atoms. The van der Waals surface area contributed by atoms with Crippen LogP contribution in [0.15, 0.2) is 83.6 Å². The lowest BCUT2D eigenvalue weighted by Gasteiger charge is -2.34. The molecule has 0 bridgehead atoms. The van der Waals surface area contributed by atoms with Crippen molar-refractivity contribution in [2.75, 3.05) is 10.2 Å². The summed E-state index contributed by atoms with van der Waals surface area (Å²) in [4.78, 5) is 13.9. The van der Waals surface area contributed by atoms with Crippen molar-refractivity contribution in [3.05, 3.63) is 83.6 Å². The van der Waals surface area contributed by atoms with Crippen LogP contribution < -0.4 is 10.2 Å². The molecule has 1 aliphatic rings. The summed E-state index contributed by atoms with van der Waals surface area (Å²) >= 11 is 0. The van der Waals surface area contributed by atoms with Crippen molar-refractivity contribution < 1.29 is 9.90 Å². The summed E-state index contributed by atoms with van der Waals surface area (Å²) in [5.74, 6) is -0.504. The molecule has 1 unspecified atom stereocenters. The molecule has 0 aliphatic carbocycles. The van der Waals surface area contributed by atoms with Crippen molar-refractivity contribution in [3.63, 3.8) is 0 Å². The summed E-state index contributed by atoms with van der Waals surface area (Å²) in [5, 5.41) is 23.3. The number of aliphatic hydroxyl groups is 1. The number of anilines is 2. The number of para-hydroxylation sites is 2. The smallest absolute Gasteiger partial charge is 0.271 e. The molecule has 0 saturated carbocycles. The Labute approximate surface area is 146 Å². The molecule has 2 aromatic carbocycles. The average Bonchev–Trinajstić information content (AvgIpc) is 2.64. The number of nitrogens with one attached hydrogen (secondary N) is 1. The number of benzene rings is 2. The van der Waals surface area contributed by atoms with Crippen LogP contribution >= 0.6 is 0 Å². The highest BCUT2D eigenvalue weighted by Gasteiger charge is 2.36. The highest BCUT2D eigenvalue weighted by Crippen LogP contribution is 2.31. The Kier molecular flexibility index (Phi) is 4.64. The molecule has 0 spiro atoms. The molecule has 1 atom stereocenters. The predicted molar refractivity (Wildman–Crippen MR) is 96.4 cm³/mol. The summed E-state index contributed by atoms with van der Waals surface area (Å²) < 4.78 is 0. The van der Waals surface area contributed by atoms with Crippen LogP contribution in [0.3, 0.4) is 0 Å². The minimum atomic E-state index is -1.18. The Hall–Kier alpha value is -3.36. The van der Waals surface area contributed by atoms with Crippen molar-refractivity contribution in [2.45, 2.75) is 13.2 Å². The third kappa shape index (κ3) is 3.16. The van der Waals surface area contributed by atoms with Crippen LogP contribution in [0.1, 0.15) is 6.92 Å². The molecule has 124 valence electrons. The van der Waals surface area contributed by atoms with Gasteiger partial charge in [0.1, 0.15) is 11.6 Å². The Balaban J connectivity index is 2.03. The van der Waals surface area contributed by atoms with Gasteiger partial charge < -0.3 is 10.4 Å². The van der Waals surface area contributed by atoms with Crippen LogP contribution in [0.2, 0.25) is 0 Å². The molecule has 0 fully saturated rings. The van der Waals surface area contributed by atoms with Crippen LogP contribution in [0.5, 0.6) is 0 Å². The predicted octanol–water partition coefficient (Wildman–Crippen LogP) is 3.19. The first-order valence-corrected chi connectivity index (χ1v) is 7.83. The van der Waals surface area contributed by atoms with Crippen molar-refractivity contribution in [1.29, 1.82) is 5.26 Å². The maximum atomic E-state index is 12.6. The van der Waals surface area contributed by atoms with Crippen LogP contribution in [0.4, 0.5) is 11.4 Å². The van der Waals surface area contributed by atoms with E-state index in [0.29, 0.717) is 16.8 Å². The lowest BCUT2D eigenvalue weighted by Crippen LogP contribution is -2.46. The van der Waals surface area contributed by atoms with Gasteiger partial charge in [0.25, 0.3) is 5.91 Å². The molecule has 0 saturated heterocycles. The summed E-state index contributed by atoms with van der Waals surface area (Å²) in [6.07, 6.45) is 0.456. The van der Waals surface area contributed by atoms with Gasteiger partial charge in [0.05, 0.1) is 0 Å². The lowest BCUT2D eigenvalue weighted by molar-refractivity contribution is -0.116. The maximum Gasteiger partial charge on any atom is 0.271 e. The third-order valence-corrected chi connectivity index (χ3v) is 4.08. The van der Waals surface area contributed by atoms with E-state index in [4.69, 9.17) is 0 Å². The molecule has 1 amide bonds. The first-order valence-electron chi connectivity index (χ1n) is 7.83. The zero-order valence-corrected chi connectivity index (χ0v) is 13.7. The average molecular weight is 331 g/mol. The fourth-order valence-electron chi connectivity index (χ4n) is 2.73. The summed E-state index contributed by atoms with van der Waals surface area (Å²) in [7, 11) is 0. The van der Waals surface area contributed by atoms with Crippen LogP contribution in [-0.4, -0.2) is 17.2 Å². The van der Waals surface area contributed by atoms with Gasteiger partial charge in [-0.05, 0) is 36.8 Å². The molecule has 1 aliphatic heterocycles. The molecule has 2 N–H and O–H groups in total. The summed E-state index contributed by atoms with van der Waals surface area (Å²) in [6.45, 7) is 1.67. The standard InChI is InChI=1S/C20H17N3O2/c1-14-17(12-21)19(24)23(16-10-6-3-7-11-16)20(25)18(14)13-22-15-8-4-2-5-9-15/h2-11,13,20,22,25H,1H3. The van der Waals surface area contributed by atoms with Crippen molar-refractivity contribution in [3.8, 4) is 6.07 Å². The Morgan fingerprint density at radius 1 is 1.12 bits per heavy atom. The van der Waals surface area contributed by atoms with Gasteiger partial charge in [-0.3, -0.25) is 9.69 Å². The zero-order valence-electron chi connectivity index (χ0n) is 13.7. The quantitative estimate of drug-likeness (QED) is 0.905. The number of rotatable bonds is 3. The molecule has 0 radical (unpaired) electrons. The first kappa shape index (κ1) is 16.5. The molecule has 1 heterocycles. The van der Waals surface area contributed by atoms with Gasteiger partial charge in [0.15, 0.2) is 6.23 Å². The minimum Gasteiger partial charge on any atom is -0.369 e. The lowest BCUT2D eigenvalue weighted by atomic mass is 9.94. The van der Waals surface area contributed by atoms with E-state index in [1.807, 2.05) is 42.5 Å². The van der Waals surface area contributed by atoms with Gasteiger partial charge in [0.2, 0.25) is 0 Å². The number of aliphatic hydroxyl groups excluding tert-OH is 1. The number of carbonyl (C=O) groups is 1. The highest BCUT2D eigenvalue weighted by molar-refractivity contribution is 6.11. The van der Waals surface area contributed by atoms with Crippen LogP contribution in [0, 0.1) is 11.3 Å². The number of amides is 1. The number of hydrogen-bond donors (Lipinski definition) is 2. The van der Waals surface area contributed by atoms with E-state index >= 15 is 0 Å². The maximum absolute atomic E-state index is 12.6. The number of nitrogens with zero attached hydrogens (tertiary/aromatic N) is 2. The molecule has 2 aromatic rings. The van der Waals surface area contributed by atoms with Gasteiger partial charge >= 0.3 is 0 Å². The van der Waals surface area contributed by atoms with Gasteiger partial charge in [-0.2, -0.15) is 5.26 Å². The largest absolute Gasteiger partial charge is 0.369 e. The summed E-state index contributed by atoms with van der Waals surface area (Å²) in [6, 6.07) is 20.2. The monoisotopic (exact) mass is 331 g/mol. The van der Waals surface area contributed by atoms with Crippen LogP contribution in [0.25, 0.3) is 0 Å². The highest BCUT2D eigenvalue weighted by atomic mass is 16.3. The number of hydrogen-bond acceptors (Lipinski definition) is 4. The van der Waals surface area contributed by atoms with E-state index in [9.17, 15) is 15.2 Å². The van der Waals surface area contributed by atoms with Crippen LogP contribution in [-0.2, 0) is 4.79 Å². The Bertz CT molecular complexity index is 880. The van der Waals surface area contributed by atoms with E-state index in [2.05, 4.69) is 5.32 Å². The second kappa shape index (κ2) is 7.04. The van der Waals surface area contributed by atoms with E-state index in [1.165, 1.54) is 4.90 Å². The molecule has 0 aromatic heterocycles. The molecule has 5 heteroatoms. The topological polar surface area (TPSA) is 76.4 Å². The molecule has 3 rings (SSSR count). The second-order valence-electron chi connectivity index (χ2n) is 5.61. The van der Waals surface area contributed by atoms with E-state index in [0.717, 1.165) is 5.69 Å². The molecular formula is C20H17N3O2. The Morgan fingerprint density at radius 3 is 2.32 bits per heavy atom. The van der Waals surface area contributed by atoms with Gasteiger partial charge in [-0.25, -0.2) is 0 Å². The summed E-state index contributed by atoms with van der Waals surface area (Å²) in [5.41, 5.74) is 2.34. The van der Waals surface area contributed by atoms with Gasteiger partial charge in [-0.15, -0.1) is 0 Å². The number of nitriles is 1. The zero-order chi connectivity index (χ0) is 17.8. The Morgan fingerprint density at radius 2 is 1.72 bits per heavy atom. The fraction of sp³-hybridized carbons (Fsp3) is 0.100. The van der Waals surface area contributed by atoms with E-state index < -0.39 is 12.1 Å². The van der Waals surface area contributed by atoms with E-state index in [-0.39, 0.29) is 5.57 Å². The van der Waals surface area contributed by atoms with Gasteiger partial charge in [0, 0.05) is 23.1 Å². The fourth-order valence-corrected chi connectivity index (χ4v) is 2.73. The third-order valence-electron chi connectivity index (χ3n) is 4.08.